The van der Waals surface area contributed by atoms with Gasteiger partial charge in [0.05, 0.1) is 11.4 Å². The van der Waals surface area contributed by atoms with E-state index in [0.29, 0.717) is 10.9 Å². The van der Waals surface area contributed by atoms with Crippen LogP contribution in [0.1, 0.15) is 54.7 Å². The zero-order chi connectivity index (χ0) is 14.3. The summed E-state index contributed by atoms with van der Waals surface area (Å²) in [5.41, 5.74) is 3.19. The average molecular weight is 295 g/mol. The summed E-state index contributed by atoms with van der Waals surface area (Å²) in [5.74, 6) is -0.379. The predicted octanol–water partition coefficient (Wildman–Crippen LogP) is 3.89. The Hall–Kier alpha value is -1.22. The molecule has 3 rings (SSSR count). The molecule has 0 heterocycles. The van der Waals surface area contributed by atoms with Crippen molar-refractivity contribution in [1.29, 1.82) is 0 Å². The van der Waals surface area contributed by atoms with Crippen molar-refractivity contribution < 1.29 is 15.0 Å². The van der Waals surface area contributed by atoms with Crippen molar-refractivity contribution in [2.24, 2.45) is 5.92 Å². The number of hydrogen-bond donors (Lipinski definition) is 2. The van der Waals surface area contributed by atoms with Crippen LogP contribution in [-0.2, 0) is 17.6 Å². The van der Waals surface area contributed by atoms with Crippen molar-refractivity contribution >= 4 is 17.6 Å². The number of halogens is 1. The number of phenols is 1. The van der Waals surface area contributed by atoms with Gasteiger partial charge in [-0.1, -0.05) is 11.6 Å². The van der Waals surface area contributed by atoms with E-state index in [0.717, 1.165) is 49.7 Å². The first kappa shape index (κ1) is 13.7. The van der Waals surface area contributed by atoms with Crippen LogP contribution < -0.4 is 0 Å². The largest absolute Gasteiger partial charge is 0.506 e. The highest BCUT2D eigenvalue weighted by Crippen LogP contribution is 2.50. The number of aryl methyl sites for hydroxylation is 1. The van der Waals surface area contributed by atoms with Gasteiger partial charge in [-0.25, -0.2) is 0 Å². The van der Waals surface area contributed by atoms with E-state index >= 15 is 0 Å². The number of aromatic hydroxyl groups is 1. The predicted molar refractivity (Wildman–Crippen MR) is 77.5 cm³/mol. The molecule has 20 heavy (non-hydrogen) atoms. The molecule has 1 aromatic carbocycles. The standard InChI is InChI=1S/C16H19ClO3/c17-13-7-10-3-1-2-4-11(10)15(16(13)20)12(8-14(18)19)9-5-6-9/h7,9,12,20H,1-6,8H2,(H,18,19). The highest BCUT2D eigenvalue weighted by molar-refractivity contribution is 6.32. The monoisotopic (exact) mass is 294 g/mol. The van der Waals surface area contributed by atoms with Crippen molar-refractivity contribution in [2.75, 3.05) is 0 Å². The lowest BCUT2D eigenvalue weighted by atomic mass is 9.80. The molecular weight excluding hydrogens is 276 g/mol. The lowest BCUT2D eigenvalue weighted by Gasteiger charge is -2.26. The van der Waals surface area contributed by atoms with Gasteiger partial charge < -0.3 is 10.2 Å². The molecule has 0 aliphatic heterocycles. The van der Waals surface area contributed by atoms with Crippen LogP contribution in [0.3, 0.4) is 0 Å². The van der Waals surface area contributed by atoms with Gasteiger partial charge >= 0.3 is 5.97 Å². The molecule has 0 spiro atoms. The summed E-state index contributed by atoms with van der Waals surface area (Å²) < 4.78 is 0. The first-order valence-corrected chi connectivity index (χ1v) is 7.70. The third-order valence-electron chi connectivity index (χ3n) is 4.57. The highest BCUT2D eigenvalue weighted by Gasteiger charge is 2.37. The molecule has 3 nitrogen and oxygen atoms in total. The van der Waals surface area contributed by atoms with Gasteiger partial charge in [0, 0.05) is 11.5 Å². The molecule has 2 aliphatic rings. The Morgan fingerprint density at radius 3 is 2.70 bits per heavy atom. The molecule has 1 unspecified atom stereocenters. The van der Waals surface area contributed by atoms with E-state index in [9.17, 15) is 15.0 Å². The summed E-state index contributed by atoms with van der Waals surface area (Å²) in [6.07, 6.45) is 6.35. The number of fused-ring (bicyclic) bond motifs is 1. The smallest absolute Gasteiger partial charge is 0.303 e. The molecular formula is C16H19ClO3. The van der Waals surface area contributed by atoms with Crippen LogP contribution in [0.15, 0.2) is 6.07 Å². The van der Waals surface area contributed by atoms with Crippen LogP contribution in [0.5, 0.6) is 5.75 Å². The maximum absolute atomic E-state index is 11.2. The van der Waals surface area contributed by atoms with Gasteiger partial charge in [-0.3, -0.25) is 4.79 Å². The Morgan fingerprint density at radius 2 is 2.05 bits per heavy atom. The first-order valence-electron chi connectivity index (χ1n) is 7.33. The minimum Gasteiger partial charge on any atom is -0.506 e. The van der Waals surface area contributed by atoms with E-state index in [1.165, 1.54) is 5.56 Å². The number of rotatable bonds is 4. The summed E-state index contributed by atoms with van der Waals surface area (Å²) >= 11 is 6.16. The Bertz CT molecular complexity index is 549. The van der Waals surface area contributed by atoms with Gasteiger partial charge in [0.25, 0.3) is 0 Å². The maximum Gasteiger partial charge on any atom is 0.303 e. The second-order valence-electron chi connectivity index (χ2n) is 6.01. The lowest BCUT2D eigenvalue weighted by molar-refractivity contribution is -0.137. The third-order valence-corrected chi connectivity index (χ3v) is 4.86. The van der Waals surface area contributed by atoms with E-state index in [1.54, 1.807) is 0 Å². The van der Waals surface area contributed by atoms with E-state index in [1.807, 2.05) is 6.07 Å². The molecule has 0 aromatic heterocycles. The third kappa shape index (κ3) is 2.51. The summed E-state index contributed by atoms with van der Waals surface area (Å²) in [5, 5.41) is 19.9. The van der Waals surface area contributed by atoms with Gasteiger partial charge in [0.2, 0.25) is 0 Å². The SMILES string of the molecule is O=C(O)CC(c1c(O)c(Cl)cc2c1CCCC2)C1CC1. The second-order valence-corrected chi connectivity index (χ2v) is 6.41. The van der Waals surface area contributed by atoms with Gasteiger partial charge in [-0.2, -0.15) is 0 Å². The Kier molecular flexibility index (Phi) is 3.63. The molecule has 0 radical (unpaired) electrons. The van der Waals surface area contributed by atoms with Gasteiger partial charge in [-0.15, -0.1) is 0 Å². The minimum atomic E-state index is -0.800. The van der Waals surface area contributed by atoms with Gasteiger partial charge in [0.15, 0.2) is 0 Å². The fourth-order valence-corrected chi connectivity index (χ4v) is 3.71. The highest BCUT2D eigenvalue weighted by atomic mass is 35.5. The number of carbonyl (C=O) groups is 1. The zero-order valence-electron chi connectivity index (χ0n) is 11.4. The fourth-order valence-electron chi connectivity index (χ4n) is 3.48. The molecule has 108 valence electrons. The van der Waals surface area contributed by atoms with E-state index in [-0.39, 0.29) is 18.1 Å². The fraction of sp³-hybridized carbons (Fsp3) is 0.562. The summed E-state index contributed by atoms with van der Waals surface area (Å²) in [6, 6.07) is 1.86. The number of phenolic OH excluding ortho intramolecular Hbond substituents is 1. The van der Waals surface area contributed by atoms with Crippen molar-refractivity contribution in [3.05, 3.63) is 27.8 Å². The quantitative estimate of drug-likeness (QED) is 0.885. The van der Waals surface area contributed by atoms with Crippen LogP contribution in [0.4, 0.5) is 0 Å². The van der Waals surface area contributed by atoms with Gasteiger partial charge in [0.1, 0.15) is 5.75 Å². The van der Waals surface area contributed by atoms with E-state index < -0.39 is 5.97 Å². The summed E-state index contributed by atoms with van der Waals surface area (Å²) in [4.78, 5) is 11.2. The van der Waals surface area contributed by atoms with Crippen LogP contribution in [0, 0.1) is 5.92 Å². The second kappa shape index (κ2) is 5.28. The van der Waals surface area contributed by atoms with Crippen LogP contribution in [-0.4, -0.2) is 16.2 Å². The molecule has 0 amide bonds. The van der Waals surface area contributed by atoms with E-state index in [4.69, 9.17) is 11.6 Å². The average Bonchev–Trinajstić information content (AvgIpc) is 3.22. The lowest BCUT2D eigenvalue weighted by Crippen LogP contribution is -2.14. The van der Waals surface area contributed by atoms with Crippen LogP contribution in [0.2, 0.25) is 5.02 Å². The normalized spacial score (nSPS) is 19.4. The van der Waals surface area contributed by atoms with Crippen molar-refractivity contribution in [3.63, 3.8) is 0 Å². The molecule has 0 bridgehead atoms. The number of hydrogen-bond acceptors (Lipinski definition) is 2. The molecule has 1 fully saturated rings. The molecule has 1 atom stereocenters. The van der Waals surface area contributed by atoms with Crippen molar-refractivity contribution in [1.82, 2.24) is 0 Å². The Labute approximate surface area is 123 Å². The van der Waals surface area contributed by atoms with Gasteiger partial charge in [-0.05, 0) is 61.6 Å². The molecule has 2 N–H and O–H groups in total. The topological polar surface area (TPSA) is 57.5 Å². The maximum atomic E-state index is 11.2. The molecule has 1 saturated carbocycles. The number of carboxylic acid groups (broad SMARTS) is 1. The van der Waals surface area contributed by atoms with Crippen molar-refractivity contribution in [3.8, 4) is 5.75 Å². The number of carboxylic acids is 1. The number of aliphatic carboxylic acids is 1. The van der Waals surface area contributed by atoms with Crippen molar-refractivity contribution in [2.45, 2.75) is 50.9 Å². The molecule has 2 aliphatic carbocycles. The van der Waals surface area contributed by atoms with E-state index in [2.05, 4.69) is 0 Å². The Balaban J connectivity index is 2.09. The first-order chi connectivity index (χ1) is 9.58. The zero-order valence-corrected chi connectivity index (χ0v) is 12.1. The molecule has 0 saturated heterocycles. The van der Waals surface area contributed by atoms with Crippen LogP contribution in [0.25, 0.3) is 0 Å². The molecule has 1 aromatic rings. The summed E-state index contributed by atoms with van der Waals surface area (Å²) in [6.45, 7) is 0. The molecule has 4 heteroatoms. The summed E-state index contributed by atoms with van der Waals surface area (Å²) in [7, 11) is 0. The van der Waals surface area contributed by atoms with Crippen LogP contribution >= 0.6 is 11.6 Å². The minimum absolute atomic E-state index is 0.0851. The number of benzene rings is 1. The Morgan fingerprint density at radius 1 is 1.35 bits per heavy atom.